The van der Waals surface area contributed by atoms with Crippen LogP contribution in [0.1, 0.15) is 0 Å². The molecule has 6 aromatic rings. The Morgan fingerprint density at radius 1 is 0.394 bits per heavy atom. The van der Waals surface area contributed by atoms with E-state index in [4.69, 9.17) is 0 Å². The summed E-state index contributed by atoms with van der Waals surface area (Å²) in [7, 11) is 0. The van der Waals surface area contributed by atoms with Crippen LogP contribution in [0.15, 0.2) is 103 Å². The molecule has 0 atom stereocenters. The molecule has 3 nitrogen and oxygen atoms in total. The SMILES string of the molecule is Oc1cc(-c2ccc(-c3ccc(O)c4ccccc34)c3c(O)cccc23)c2ccccc2c1. The van der Waals surface area contributed by atoms with Crippen LogP contribution in [0.2, 0.25) is 0 Å². The van der Waals surface area contributed by atoms with E-state index in [1.165, 1.54) is 0 Å². The van der Waals surface area contributed by atoms with Gasteiger partial charge in [-0.3, -0.25) is 0 Å². The number of phenolic OH excluding ortho intramolecular Hbond substituents is 3. The first kappa shape index (κ1) is 19.2. The van der Waals surface area contributed by atoms with Crippen molar-refractivity contribution < 1.29 is 15.3 Å². The van der Waals surface area contributed by atoms with Gasteiger partial charge in [-0.15, -0.1) is 0 Å². The minimum absolute atomic E-state index is 0.186. The topological polar surface area (TPSA) is 60.7 Å². The van der Waals surface area contributed by atoms with Crippen LogP contribution in [0.25, 0.3) is 54.6 Å². The van der Waals surface area contributed by atoms with E-state index >= 15 is 0 Å². The molecule has 0 spiro atoms. The molecule has 0 bridgehead atoms. The van der Waals surface area contributed by atoms with Crippen molar-refractivity contribution in [1.82, 2.24) is 0 Å². The molecule has 3 N–H and O–H groups in total. The van der Waals surface area contributed by atoms with Crippen molar-refractivity contribution in [2.45, 2.75) is 0 Å². The Labute approximate surface area is 190 Å². The molecule has 0 saturated carbocycles. The average Bonchev–Trinajstić information content (AvgIpc) is 2.84. The van der Waals surface area contributed by atoms with E-state index in [0.29, 0.717) is 0 Å². The van der Waals surface area contributed by atoms with Crippen LogP contribution in [0.5, 0.6) is 17.2 Å². The Bertz CT molecular complexity index is 1700. The number of fused-ring (bicyclic) bond motifs is 3. The molecule has 0 radical (unpaired) electrons. The fraction of sp³-hybridized carbons (Fsp3) is 0. The van der Waals surface area contributed by atoms with Crippen molar-refractivity contribution in [3.63, 3.8) is 0 Å². The maximum Gasteiger partial charge on any atom is 0.124 e. The van der Waals surface area contributed by atoms with E-state index in [2.05, 4.69) is 0 Å². The highest BCUT2D eigenvalue weighted by Gasteiger charge is 2.17. The van der Waals surface area contributed by atoms with Crippen molar-refractivity contribution in [3.8, 4) is 39.5 Å². The molecule has 0 aliphatic rings. The van der Waals surface area contributed by atoms with Gasteiger partial charge < -0.3 is 15.3 Å². The number of aromatic hydroxyl groups is 3. The number of benzene rings is 6. The van der Waals surface area contributed by atoms with Gasteiger partial charge in [0.05, 0.1) is 0 Å². The highest BCUT2D eigenvalue weighted by atomic mass is 16.3. The summed E-state index contributed by atoms with van der Waals surface area (Å²) in [6.07, 6.45) is 0. The number of phenols is 3. The number of hydrogen-bond donors (Lipinski definition) is 3. The summed E-state index contributed by atoms with van der Waals surface area (Å²) in [5.41, 5.74) is 3.65. The van der Waals surface area contributed by atoms with Crippen LogP contribution in [-0.2, 0) is 0 Å². The molecule has 158 valence electrons. The van der Waals surface area contributed by atoms with E-state index in [9.17, 15) is 15.3 Å². The molecule has 0 unspecified atom stereocenters. The second-order valence-electron chi connectivity index (χ2n) is 8.25. The first-order chi connectivity index (χ1) is 16.1. The van der Waals surface area contributed by atoms with Crippen molar-refractivity contribution in [3.05, 3.63) is 103 Å². The zero-order valence-electron chi connectivity index (χ0n) is 17.7. The Morgan fingerprint density at radius 3 is 1.88 bits per heavy atom. The molecule has 0 fully saturated rings. The van der Waals surface area contributed by atoms with Gasteiger partial charge in [-0.2, -0.15) is 0 Å². The standard InChI is InChI=1S/C30H20O3/c31-19-16-18-6-1-2-7-20(18)27(17-19)23-12-13-26(30-25(23)10-5-11-29(30)33)22-14-15-28(32)24-9-4-3-8-21(22)24/h1-17,31-33H. The molecule has 3 heteroatoms. The maximum absolute atomic E-state index is 11.0. The lowest BCUT2D eigenvalue weighted by molar-refractivity contribution is 0.476. The van der Waals surface area contributed by atoms with Gasteiger partial charge in [-0.1, -0.05) is 78.9 Å². The molecule has 0 aromatic heterocycles. The quantitative estimate of drug-likeness (QED) is 0.266. The summed E-state index contributed by atoms with van der Waals surface area (Å²) in [4.78, 5) is 0. The first-order valence-electron chi connectivity index (χ1n) is 10.8. The minimum atomic E-state index is 0.186. The predicted molar refractivity (Wildman–Crippen MR) is 135 cm³/mol. The average molecular weight is 428 g/mol. The van der Waals surface area contributed by atoms with E-state index in [1.807, 2.05) is 78.9 Å². The van der Waals surface area contributed by atoms with Crippen LogP contribution in [0, 0.1) is 0 Å². The lowest BCUT2D eigenvalue weighted by atomic mass is 9.88. The molecule has 6 rings (SSSR count). The van der Waals surface area contributed by atoms with Gasteiger partial charge in [0.25, 0.3) is 0 Å². The predicted octanol–water partition coefficient (Wildman–Crippen LogP) is 7.60. The van der Waals surface area contributed by atoms with Gasteiger partial charge in [-0.25, -0.2) is 0 Å². The Kier molecular flexibility index (Phi) is 4.24. The van der Waals surface area contributed by atoms with Crippen molar-refractivity contribution in [2.24, 2.45) is 0 Å². The summed E-state index contributed by atoms with van der Waals surface area (Å²) in [6.45, 7) is 0. The number of rotatable bonds is 2. The molecule has 0 saturated heterocycles. The van der Waals surface area contributed by atoms with Crippen LogP contribution in [-0.4, -0.2) is 15.3 Å². The van der Waals surface area contributed by atoms with Gasteiger partial charge in [0, 0.05) is 10.8 Å². The van der Waals surface area contributed by atoms with Gasteiger partial charge in [-0.05, 0) is 68.1 Å². The monoisotopic (exact) mass is 428 g/mol. The lowest BCUT2D eigenvalue weighted by Gasteiger charge is -2.16. The zero-order chi connectivity index (χ0) is 22.5. The Morgan fingerprint density at radius 2 is 1.03 bits per heavy atom. The van der Waals surface area contributed by atoms with Gasteiger partial charge in [0.15, 0.2) is 0 Å². The molecule has 0 aliphatic carbocycles. The number of hydrogen-bond acceptors (Lipinski definition) is 3. The molecule has 6 aromatic carbocycles. The first-order valence-corrected chi connectivity index (χ1v) is 10.8. The minimum Gasteiger partial charge on any atom is -0.508 e. The van der Waals surface area contributed by atoms with Gasteiger partial charge in [0.2, 0.25) is 0 Å². The summed E-state index contributed by atoms with van der Waals surface area (Å²) in [6, 6.07) is 32.4. The summed E-state index contributed by atoms with van der Waals surface area (Å²) >= 11 is 0. The van der Waals surface area contributed by atoms with Crippen LogP contribution >= 0.6 is 0 Å². The maximum atomic E-state index is 11.0. The normalized spacial score (nSPS) is 11.4. The lowest BCUT2D eigenvalue weighted by Crippen LogP contribution is -1.89. The van der Waals surface area contributed by atoms with E-state index in [-0.39, 0.29) is 17.2 Å². The third-order valence-electron chi connectivity index (χ3n) is 6.35. The second-order valence-corrected chi connectivity index (χ2v) is 8.25. The molecule has 0 aliphatic heterocycles. The Balaban J connectivity index is 1.71. The molecule has 0 heterocycles. The summed E-state index contributed by atoms with van der Waals surface area (Å²) in [5.74, 6) is 0.613. The van der Waals surface area contributed by atoms with Crippen molar-refractivity contribution in [2.75, 3.05) is 0 Å². The van der Waals surface area contributed by atoms with E-state index in [1.54, 1.807) is 24.3 Å². The Hall–Kier alpha value is -4.50. The van der Waals surface area contributed by atoms with Crippen molar-refractivity contribution in [1.29, 1.82) is 0 Å². The smallest absolute Gasteiger partial charge is 0.124 e. The second kappa shape index (κ2) is 7.28. The third-order valence-corrected chi connectivity index (χ3v) is 6.35. The highest BCUT2D eigenvalue weighted by molar-refractivity contribution is 6.14. The summed E-state index contributed by atoms with van der Waals surface area (Å²) in [5, 5.41) is 37.0. The van der Waals surface area contributed by atoms with E-state index < -0.39 is 0 Å². The van der Waals surface area contributed by atoms with Crippen LogP contribution < -0.4 is 0 Å². The van der Waals surface area contributed by atoms with Crippen LogP contribution in [0.4, 0.5) is 0 Å². The largest absolute Gasteiger partial charge is 0.508 e. The third kappa shape index (κ3) is 2.98. The van der Waals surface area contributed by atoms with Gasteiger partial charge >= 0.3 is 0 Å². The van der Waals surface area contributed by atoms with Gasteiger partial charge in [0.1, 0.15) is 17.2 Å². The molecule has 33 heavy (non-hydrogen) atoms. The fourth-order valence-corrected chi connectivity index (χ4v) is 4.88. The molecular weight excluding hydrogens is 408 g/mol. The van der Waals surface area contributed by atoms with Crippen molar-refractivity contribution >= 4 is 32.3 Å². The van der Waals surface area contributed by atoms with Crippen LogP contribution in [0.3, 0.4) is 0 Å². The molecule has 0 amide bonds. The highest BCUT2D eigenvalue weighted by Crippen LogP contribution is 2.44. The fourth-order valence-electron chi connectivity index (χ4n) is 4.88. The van der Waals surface area contributed by atoms with E-state index in [0.717, 1.165) is 54.6 Å². The zero-order valence-corrected chi connectivity index (χ0v) is 17.7. The summed E-state index contributed by atoms with van der Waals surface area (Å²) < 4.78 is 0. The molecular formula is C30H20O3.